The highest BCUT2D eigenvalue weighted by Gasteiger charge is 2.09. The number of methoxy groups -OCH3 is 1. The van der Waals surface area contributed by atoms with Gasteiger partial charge in [-0.1, -0.05) is 18.2 Å². The Bertz CT molecular complexity index is 754. The van der Waals surface area contributed by atoms with E-state index in [-0.39, 0.29) is 5.56 Å². The molecule has 0 saturated heterocycles. The molecule has 0 spiro atoms. The van der Waals surface area contributed by atoms with Crippen LogP contribution in [0.1, 0.15) is 0 Å². The van der Waals surface area contributed by atoms with Crippen LogP contribution in [0.4, 0.5) is 0 Å². The standard InChI is InChI=1S/C16H13NO3/c1-19-14-9-7-12(8-10-14)15-11-16(18)17(20-15)13-5-3-2-4-6-13/h2-11H,1H3. The van der Waals surface area contributed by atoms with Crippen molar-refractivity contribution in [2.45, 2.75) is 0 Å². The number of ether oxygens (including phenoxy) is 1. The minimum Gasteiger partial charge on any atom is -0.497 e. The first-order valence-electron chi connectivity index (χ1n) is 6.21. The maximum Gasteiger partial charge on any atom is 0.287 e. The van der Waals surface area contributed by atoms with Crippen LogP contribution in [-0.2, 0) is 0 Å². The topological polar surface area (TPSA) is 44.4 Å². The monoisotopic (exact) mass is 267 g/mol. The van der Waals surface area contributed by atoms with Crippen molar-refractivity contribution in [1.82, 2.24) is 4.74 Å². The molecular weight excluding hydrogens is 254 g/mol. The van der Waals surface area contributed by atoms with E-state index in [1.165, 1.54) is 10.8 Å². The van der Waals surface area contributed by atoms with Gasteiger partial charge in [-0.15, -0.1) is 4.74 Å². The summed E-state index contributed by atoms with van der Waals surface area (Å²) in [5, 5.41) is 0. The Morgan fingerprint density at radius 2 is 1.70 bits per heavy atom. The zero-order valence-corrected chi connectivity index (χ0v) is 10.9. The van der Waals surface area contributed by atoms with Crippen molar-refractivity contribution in [1.29, 1.82) is 0 Å². The van der Waals surface area contributed by atoms with E-state index >= 15 is 0 Å². The van der Waals surface area contributed by atoms with Gasteiger partial charge in [0.1, 0.15) is 5.75 Å². The highest BCUT2D eigenvalue weighted by atomic mass is 16.5. The fraction of sp³-hybridized carbons (Fsp3) is 0.0625. The van der Waals surface area contributed by atoms with Gasteiger partial charge < -0.3 is 9.26 Å². The lowest BCUT2D eigenvalue weighted by Gasteiger charge is -2.01. The molecule has 0 aliphatic carbocycles. The maximum absolute atomic E-state index is 12.0. The van der Waals surface area contributed by atoms with Gasteiger partial charge in [0.05, 0.1) is 18.9 Å². The Kier molecular flexibility index (Phi) is 3.13. The minimum absolute atomic E-state index is 0.193. The van der Waals surface area contributed by atoms with Gasteiger partial charge in [-0.3, -0.25) is 4.79 Å². The molecule has 1 heterocycles. The SMILES string of the molecule is COc1ccc(-c2cc(=O)n(-c3ccccc3)o2)cc1. The third kappa shape index (κ3) is 2.23. The van der Waals surface area contributed by atoms with Crippen LogP contribution in [0, 0.1) is 0 Å². The molecule has 0 amide bonds. The molecule has 0 fully saturated rings. The second kappa shape index (κ2) is 5.09. The highest BCUT2D eigenvalue weighted by Crippen LogP contribution is 2.22. The predicted octanol–water partition coefficient (Wildman–Crippen LogP) is 3.11. The van der Waals surface area contributed by atoms with Gasteiger partial charge in [0.2, 0.25) is 0 Å². The van der Waals surface area contributed by atoms with Gasteiger partial charge in [-0.05, 0) is 36.4 Å². The molecule has 0 aliphatic rings. The Labute approximate surface area is 115 Å². The van der Waals surface area contributed by atoms with E-state index in [1.54, 1.807) is 7.11 Å². The highest BCUT2D eigenvalue weighted by molar-refractivity contribution is 5.58. The molecule has 0 N–H and O–H groups in total. The maximum atomic E-state index is 12.0. The van der Waals surface area contributed by atoms with Crippen LogP contribution < -0.4 is 10.3 Å². The zero-order valence-electron chi connectivity index (χ0n) is 10.9. The smallest absolute Gasteiger partial charge is 0.287 e. The van der Waals surface area contributed by atoms with Gasteiger partial charge >= 0.3 is 0 Å². The third-order valence-electron chi connectivity index (χ3n) is 3.01. The van der Waals surface area contributed by atoms with Crippen LogP contribution in [0.25, 0.3) is 17.0 Å². The number of para-hydroxylation sites is 1. The summed E-state index contributed by atoms with van der Waals surface area (Å²) in [5.41, 5.74) is 1.34. The third-order valence-corrected chi connectivity index (χ3v) is 3.01. The molecule has 0 saturated carbocycles. The van der Waals surface area contributed by atoms with Crippen molar-refractivity contribution in [3.05, 3.63) is 71.0 Å². The van der Waals surface area contributed by atoms with Crippen LogP contribution in [0.5, 0.6) is 5.75 Å². The van der Waals surface area contributed by atoms with E-state index < -0.39 is 0 Å². The first-order chi connectivity index (χ1) is 9.78. The lowest BCUT2D eigenvalue weighted by atomic mass is 10.2. The second-order valence-electron chi connectivity index (χ2n) is 4.30. The number of hydrogen-bond donors (Lipinski definition) is 0. The van der Waals surface area contributed by atoms with Gasteiger partial charge in [0, 0.05) is 5.56 Å². The molecule has 4 nitrogen and oxygen atoms in total. The summed E-state index contributed by atoms with van der Waals surface area (Å²) in [6, 6.07) is 18.1. The van der Waals surface area contributed by atoms with Gasteiger partial charge in [0.25, 0.3) is 5.56 Å². The predicted molar refractivity (Wildman–Crippen MR) is 76.3 cm³/mol. The summed E-state index contributed by atoms with van der Waals surface area (Å²) < 4.78 is 12.0. The molecule has 0 aliphatic heterocycles. The van der Waals surface area contributed by atoms with Gasteiger partial charge in [-0.2, -0.15) is 0 Å². The minimum atomic E-state index is -0.193. The van der Waals surface area contributed by atoms with E-state index in [1.807, 2.05) is 54.6 Å². The van der Waals surface area contributed by atoms with Gasteiger partial charge in [0.15, 0.2) is 5.76 Å². The fourth-order valence-corrected chi connectivity index (χ4v) is 1.98. The molecule has 20 heavy (non-hydrogen) atoms. The average molecular weight is 267 g/mol. The van der Waals surface area contributed by atoms with E-state index in [4.69, 9.17) is 9.26 Å². The van der Waals surface area contributed by atoms with Crippen LogP contribution in [0.15, 0.2) is 70.0 Å². The quantitative estimate of drug-likeness (QED) is 0.732. The van der Waals surface area contributed by atoms with E-state index in [9.17, 15) is 4.79 Å². The summed E-state index contributed by atoms with van der Waals surface area (Å²) >= 11 is 0. The molecule has 2 aromatic carbocycles. The average Bonchev–Trinajstić information content (AvgIpc) is 2.90. The van der Waals surface area contributed by atoms with Crippen LogP contribution >= 0.6 is 0 Å². The Balaban J connectivity index is 2.02. The van der Waals surface area contributed by atoms with E-state index in [2.05, 4.69) is 0 Å². The van der Waals surface area contributed by atoms with Crippen molar-refractivity contribution in [3.8, 4) is 22.8 Å². The van der Waals surface area contributed by atoms with Crippen LogP contribution in [0.3, 0.4) is 0 Å². The van der Waals surface area contributed by atoms with Crippen molar-refractivity contribution >= 4 is 0 Å². The molecule has 100 valence electrons. The van der Waals surface area contributed by atoms with Crippen LogP contribution in [0.2, 0.25) is 0 Å². The molecular formula is C16H13NO3. The Hall–Kier alpha value is -2.75. The Morgan fingerprint density at radius 1 is 1.00 bits per heavy atom. The Morgan fingerprint density at radius 3 is 2.35 bits per heavy atom. The molecule has 1 aromatic heterocycles. The number of rotatable bonds is 3. The largest absolute Gasteiger partial charge is 0.497 e. The first-order valence-corrected chi connectivity index (χ1v) is 6.21. The normalized spacial score (nSPS) is 10.4. The molecule has 0 atom stereocenters. The summed E-state index contributed by atoms with van der Waals surface area (Å²) in [6.07, 6.45) is 0. The first kappa shape index (κ1) is 12.3. The van der Waals surface area contributed by atoms with Crippen LogP contribution in [-0.4, -0.2) is 11.8 Å². The van der Waals surface area contributed by atoms with Crippen molar-refractivity contribution < 1.29 is 9.26 Å². The second-order valence-corrected chi connectivity index (χ2v) is 4.30. The number of aromatic nitrogens is 1. The molecule has 0 unspecified atom stereocenters. The number of hydrogen-bond acceptors (Lipinski definition) is 3. The number of nitrogens with zero attached hydrogens (tertiary/aromatic N) is 1. The molecule has 3 rings (SSSR count). The van der Waals surface area contributed by atoms with Crippen molar-refractivity contribution in [2.24, 2.45) is 0 Å². The van der Waals surface area contributed by atoms with Gasteiger partial charge in [-0.25, -0.2) is 0 Å². The molecule has 3 aromatic rings. The summed E-state index contributed by atoms with van der Waals surface area (Å²) in [7, 11) is 1.61. The zero-order chi connectivity index (χ0) is 13.9. The van der Waals surface area contributed by atoms with E-state index in [0.717, 1.165) is 11.3 Å². The number of benzene rings is 2. The molecule has 0 bridgehead atoms. The summed E-state index contributed by atoms with van der Waals surface area (Å²) in [6.45, 7) is 0. The van der Waals surface area contributed by atoms with E-state index in [0.29, 0.717) is 11.4 Å². The van der Waals surface area contributed by atoms with Crippen molar-refractivity contribution in [2.75, 3.05) is 7.11 Å². The fourth-order valence-electron chi connectivity index (χ4n) is 1.98. The molecule has 0 radical (unpaired) electrons. The lowest BCUT2D eigenvalue weighted by molar-refractivity contribution is 0.349. The lowest BCUT2D eigenvalue weighted by Crippen LogP contribution is -2.10. The summed E-state index contributed by atoms with van der Waals surface area (Å²) in [4.78, 5) is 12.0. The molecule has 4 heteroatoms. The summed E-state index contributed by atoms with van der Waals surface area (Å²) in [5.74, 6) is 1.29. The van der Waals surface area contributed by atoms with Crippen molar-refractivity contribution in [3.63, 3.8) is 0 Å².